The van der Waals surface area contributed by atoms with E-state index in [4.69, 9.17) is 5.73 Å². The predicted molar refractivity (Wildman–Crippen MR) is 71.5 cm³/mol. The predicted octanol–water partition coefficient (Wildman–Crippen LogP) is 3.01. The summed E-state index contributed by atoms with van der Waals surface area (Å²) in [7, 11) is 0. The lowest BCUT2D eigenvalue weighted by atomic mass is 10.1. The van der Waals surface area contributed by atoms with E-state index in [2.05, 4.69) is 44.7 Å². The molecule has 0 bridgehead atoms. The van der Waals surface area contributed by atoms with Crippen molar-refractivity contribution < 1.29 is 0 Å². The topological polar surface area (TPSA) is 64.7 Å². The van der Waals surface area contributed by atoms with E-state index in [0.29, 0.717) is 17.6 Å². The molecular weight excluding hydrogens is 280 g/mol. The van der Waals surface area contributed by atoms with Crippen molar-refractivity contribution in [3.05, 3.63) is 34.7 Å². The van der Waals surface area contributed by atoms with Crippen molar-refractivity contribution >= 4 is 21.7 Å². The van der Waals surface area contributed by atoms with E-state index >= 15 is 0 Å². The van der Waals surface area contributed by atoms with Gasteiger partial charge in [0.2, 0.25) is 0 Å². The summed E-state index contributed by atoms with van der Waals surface area (Å²) in [4.78, 5) is 12.8. The van der Waals surface area contributed by atoms with Crippen molar-refractivity contribution in [1.29, 1.82) is 0 Å². The Morgan fingerprint density at radius 1 is 1.18 bits per heavy atom. The highest BCUT2D eigenvalue weighted by molar-refractivity contribution is 9.10. The molecule has 0 atom stereocenters. The minimum absolute atomic E-state index is 0.319. The molecule has 0 saturated heterocycles. The van der Waals surface area contributed by atoms with Gasteiger partial charge in [0.15, 0.2) is 5.82 Å². The van der Waals surface area contributed by atoms with Crippen LogP contribution in [0.3, 0.4) is 0 Å². The molecule has 0 spiro atoms. The summed E-state index contributed by atoms with van der Waals surface area (Å²) < 4.78 is 0.895. The highest BCUT2D eigenvalue weighted by atomic mass is 79.9. The van der Waals surface area contributed by atoms with E-state index in [-0.39, 0.29) is 0 Å². The van der Waals surface area contributed by atoms with Crippen LogP contribution >= 0.6 is 15.9 Å². The van der Waals surface area contributed by atoms with Crippen molar-refractivity contribution in [2.24, 2.45) is 0 Å². The third-order valence-electron chi connectivity index (χ3n) is 2.32. The van der Waals surface area contributed by atoms with Crippen LogP contribution in [0.5, 0.6) is 0 Å². The van der Waals surface area contributed by atoms with Gasteiger partial charge in [-0.05, 0) is 27.9 Å². The van der Waals surface area contributed by atoms with Crippen LogP contribution in [0.2, 0.25) is 0 Å². The van der Waals surface area contributed by atoms with Gasteiger partial charge < -0.3 is 5.73 Å². The average Bonchev–Trinajstić information content (AvgIpc) is 2.28. The van der Waals surface area contributed by atoms with Crippen molar-refractivity contribution in [1.82, 2.24) is 15.0 Å². The summed E-state index contributed by atoms with van der Waals surface area (Å²) in [6, 6.07) is 3.73. The zero-order valence-corrected chi connectivity index (χ0v) is 11.3. The van der Waals surface area contributed by atoms with Gasteiger partial charge in [-0.1, -0.05) is 13.8 Å². The monoisotopic (exact) mass is 292 g/mol. The molecule has 2 rings (SSSR count). The van der Waals surface area contributed by atoms with Crippen molar-refractivity contribution in [3.63, 3.8) is 0 Å². The Morgan fingerprint density at radius 3 is 2.59 bits per heavy atom. The Bertz CT molecular complexity index is 540. The normalized spacial score (nSPS) is 10.8. The fourth-order valence-corrected chi connectivity index (χ4v) is 1.81. The van der Waals surface area contributed by atoms with Gasteiger partial charge in [0, 0.05) is 34.2 Å². The first-order valence-corrected chi connectivity index (χ1v) is 6.11. The van der Waals surface area contributed by atoms with Crippen LogP contribution in [0, 0.1) is 0 Å². The number of rotatable bonds is 2. The number of hydrogen-bond acceptors (Lipinski definition) is 4. The van der Waals surface area contributed by atoms with Crippen LogP contribution in [0.15, 0.2) is 29.0 Å². The first-order valence-electron chi connectivity index (χ1n) is 5.31. The maximum atomic E-state index is 5.79. The minimum atomic E-state index is 0.319. The van der Waals surface area contributed by atoms with E-state index in [1.807, 2.05) is 6.07 Å². The number of hydrogen-bond donors (Lipinski definition) is 1. The van der Waals surface area contributed by atoms with Gasteiger partial charge in [-0.2, -0.15) is 0 Å². The van der Waals surface area contributed by atoms with Gasteiger partial charge >= 0.3 is 0 Å². The Morgan fingerprint density at radius 2 is 1.94 bits per heavy atom. The molecule has 0 aliphatic carbocycles. The van der Waals surface area contributed by atoms with Crippen LogP contribution in [0.25, 0.3) is 11.4 Å². The molecule has 0 radical (unpaired) electrons. The van der Waals surface area contributed by atoms with Gasteiger partial charge in [0.25, 0.3) is 0 Å². The van der Waals surface area contributed by atoms with Gasteiger partial charge in [-0.15, -0.1) is 0 Å². The highest BCUT2D eigenvalue weighted by Gasteiger charge is 2.08. The highest BCUT2D eigenvalue weighted by Crippen LogP contribution is 2.22. The molecule has 2 N–H and O–H groups in total. The van der Waals surface area contributed by atoms with E-state index < -0.39 is 0 Å². The average molecular weight is 293 g/mol. The molecule has 0 aliphatic heterocycles. The lowest BCUT2D eigenvalue weighted by Crippen LogP contribution is -2.01. The summed E-state index contributed by atoms with van der Waals surface area (Å²) in [6.07, 6.45) is 3.45. The van der Waals surface area contributed by atoms with Crippen molar-refractivity contribution in [2.45, 2.75) is 19.8 Å². The zero-order valence-electron chi connectivity index (χ0n) is 9.68. The third kappa shape index (κ3) is 2.79. The number of nitrogen functional groups attached to an aromatic ring is 1. The standard InChI is InChI=1S/C12H13BrN4/c1-7(2)10-4-11(14)17-12(16-10)8-3-9(13)6-15-5-8/h3-7H,1-2H3,(H2,14,16,17). The second-order valence-electron chi connectivity index (χ2n) is 4.09. The van der Waals surface area contributed by atoms with Crippen LogP contribution in [0.1, 0.15) is 25.5 Å². The van der Waals surface area contributed by atoms with Gasteiger partial charge in [-0.3, -0.25) is 4.98 Å². The SMILES string of the molecule is CC(C)c1cc(N)nc(-c2cncc(Br)c2)n1. The summed E-state index contributed by atoms with van der Waals surface area (Å²) in [5.41, 5.74) is 7.58. The molecule has 17 heavy (non-hydrogen) atoms. The van der Waals surface area contributed by atoms with Gasteiger partial charge in [-0.25, -0.2) is 9.97 Å². The zero-order chi connectivity index (χ0) is 12.4. The Labute approximate surface area is 108 Å². The molecule has 0 aliphatic rings. The van der Waals surface area contributed by atoms with E-state index in [0.717, 1.165) is 15.7 Å². The van der Waals surface area contributed by atoms with Crippen LogP contribution in [-0.2, 0) is 0 Å². The molecule has 0 amide bonds. The second kappa shape index (κ2) is 4.79. The Balaban J connectivity index is 2.52. The van der Waals surface area contributed by atoms with Crippen molar-refractivity contribution in [2.75, 3.05) is 5.73 Å². The smallest absolute Gasteiger partial charge is 0.163 e. The molecule has 88 valence electrons. The minimum Gasteiger partial charge on any atom is -0.384 e. The van der Waals surface area contributed by atoms with Crippen LogP contribution in [0.4, 0.5) is 5.82 Å². The summed E-state index contributed by atoms with van der Waals surface area (Å²) in [6.45, 7) is 4.15. The fourth-order valence-electron chi connectivity index (χ4n) is 1.44. The number of pyridine rings is 1. The van der Waals surface area contributed by atoms with Crippen LogP contribution < -0.4 is 5.73 Å². The molecule has 0 unspecified atom stereocenters. The van der Waals surface area contributed by atoms with E-state index in [1.165, 1.54) is 0 Å². The maximum Gasteiger partial charge on any atom is 0.163 e. The quantitative estimate of drug-likeness (QED) is 0.924. The largest absolute Gasteiger partial charge is 0.384 e. The molecule has 2 aromatic rings. The molecular formula is C12H13BrN4. The molecule has 4 nitrogen and oxygen atoms in total. The number of aromatic nitrogens is 3. The molecule has 0 aromatic carbocycles. The van der Waals surface area contributed by atoms with Gasteiger partial charge in [0.1, 0.15) is 5.82 Å². The second-order valence-corrected chi connectivity index (χ2v) is 5.00. The van der Waals surface area contributed by atoms with E-state index in [1.54, 1.807) is 18.5 Å². The van der Waals surface area contributed by atoms with Crippen LogP contribution in [-0.4, -0.2) is 15.0 Å². The third-order valence-corrected chi connectivity index (χ3v) is 2.75. The number of anilines is 1. The first kappa shape index (κ1) is 12.0. The summed E-state index contributed by atoms with van der Waals surface area (Å²) >= 11 is 3.38. The fraction of sp³-hybridized carbons (Fsp3) is 0.250. The number of halogens is 1. The van der Waals surface area contributed by atoms with Crippen molar-refractivity contribution in [3.8, 4) is 11.4 Å². The molecule has 0 fully saturated rings. The Kier molecular flexibility index (Phi) is 3.38. The molecule has 0 saturated carbocycles. The molecule has 5 heteroatoms. The lowest BCUT2D eigenvalue weighted by molar-refractivity contribution is 0.818. The molecule has 2 heterocycles. The van der Waals surface area contributed by atoms with E-state index in [9.17, 15) is 0 Å². The first-order chi connectivity index (χ1) is 8.06. The summed E-state index contributed by atoms with van der Waals surface area (Å²) in [5, 5.41) is 0. The number of nitrogens with two attached hydrogens (primary N) is 1. The molecule has 2 aromatic heterocycles. The van der Waals surface area contributed by atoms with Gasteiger partial charge in [0.05, 0.1) is 0 Å². The maximum absolute atomic E-state index is 5.79. The Hall–Kier alpha value is -1.49. The lowest BCUT2D eigenvalue weighted by Gasteiger charge is -2.08. The summed E-state index contributed by atoms with van der Waals surface area (Å²) in [5.74, 6) is 1.42. The number of nitrogens with zero attached hydrogens (tertiary/aromatic N) is 3.